The maximum atomic E-state index is 12.1. The van der Waals surface area contributed by atoms with Crippen LogP contribution in [0.4, 0.5) is 0 Å². The van der Waals surface area contributed by atoms with Gasteiger partial charge >= 0.3 is 0 Å². The van der Waals surface area contributed by atoms with E-state index in [4.69, 9.17) is 0 Å². The molecule has 0 saturated heterocycles. The van der Waals surface area contributed by atoms with Gasteiger partial charge in [-0.2, -0.15) is 0 Å². The molecule has 0 aliphatic rings. The summed E-state index contributed by atoms with van der Waals surface area (Å²) in [5.41, 5.74) is 0. The lowest BCUT2D eigenvalue weighted by atomic mass is 10.1. The van der Waals surface area contributed by atoms with Crippen molar-refractivity contribution in [3.8, 4) is 0 Å². The van der Waals surface area contributed by atoms with Crippen molar-refractivity contribution in [2.45, 2.75) is 135 Å². The summed E-state index contributed by atoms with van der Waals surface area (Å²) in [5, 5.41) is 22.6. The molecule has 33 heavy (non-hydrogen) atoms. The fraction of sp³-hybridized carbons (Fsp3) is 0.759. The predicted octanol–water partition coefficient (Wildman–Crippen LogP) is 7.16. The van der Waals surface area contributed by atoms with Gasteiger partial charge in [-0.05, 0) is 51.4 Å². The standard InChI is InChI=1S/C29H53NO3/c1-3-5-7-9-11-13-15-16-18-20-22-24-28(32)27(26-31)30-29(33)25-23-21-19-17-14-12-10-8-6-4-2/h8,10,15-16,22,24,27-28,31-32H,3-7,9,11-14,17-21,23,25-26H2,1-2H3,(H,30,33)/b10-8-,16-15+,24-22+. The molecule has 4 heteroatoms. The topological polar surface area (TPSA) is 69.6 Å². The van der Waals surface area contributed by atoms with Gasteiger partial charge in [-0.25, -0.2) is 0 Å². The highest BCUT2D eigenvalue weighted by Crippen LogP contribution is 2.09. The number of aliphatic hydroxyl groups excluding tert-OH is 2. The summed E-state index contributed by atoms with van der Waals surface area (Å²) in [5.74, 6) is -0.0918. The Morgan fingerprint density at radius 1 is 0.697 bits per heavy atom. The van der Waals surface area contributed by atoms with E-state index in [1.165, 1.54) is 57.8 Å². The van der Waals surface area contributed by atoms with E-state index in [-0.39, 0.29) is 12.5 Å². The van der Waals surface area contributed by atoms with Gasteiger partial charge in [-0.3, -0.25) is 4.79 Å². The maximum absolute atomic E-state index is 12.1. The number of unbranched alkanes of at least 4 members (excludes halogenated alkanes) is 12. The number of allylic oxidation sites excluding steroid dienone is 5. The Morgan fingerprint density at radius 3 is 1.88 bits per heavy atom. The quantitative estimate of drug-likeness (QED) is 0.111. The van der Waals surface area contributed by atoms with Crippen molar-refractivity contribution < 1.29 is 15.0 Å². The molecule has 3 N–H and O–H groups in total. The first-order valence-electron chi connectivity index (χ1n) is 13.7. The lowest BCUT2D eigenvalue weighted by molar-refractivity contribution is -0.123. The van der Waals surface area contributed by atoms with Gasteiger partial charge in [0.25, 0.3) is 0 Å². The zero-order chi connectivity index (χ0) is 24.4. The Morgan fingerprint density at radius 2 is 1.24 bits per heavy atom. The first kappa shape index (κ1) is 31.6. The molecule has 0 aliphatic carbocycles. The van der Waals surface area contributed by atoms with Gasteiger partial charge in [0, 0.05) is 6.42 Å². The Labute approximate surface area is 204 Å². The summed E-state index contributed by atoms with van der Waals surface area (Å²) in [4.78, 5) is 12.1. The molecule has 0 saturated carbocycles. The number of hydrogen-bond donors (Lipinski definition) is 3. The van der Waals surface area contributed by atoms with E-state index in [2.05, 4.69) is 43.5 Å². The number of carbonyl (C=O) groups excluding carboxylic acids is 1. The third kappa shape index (κ3) is 22.2. The minimum atomic E-state index is -0.859. The molecule has 4 nitrogen and oxygen atoms in total. The summed E-state index contributed by atoms with van der Waals surface area (Å²) in [6, 6.07) is -0.637. The molecule has 0 bridgehead atoms. The SMILES string of the molecule is CCC/C=C\CCCCCCCC(=O)NC(CO)C(O)/C=C/CC/C=C/CCCCCCC. The minimum absolute atomic E-state index is 0.0918. The van der Waals surface area contributed by atoms with Gasteiger partial charge in [0.1, 0.15) is 0 Å². The second kappa shape index (κ2) is 25.2. The molecule has 2 unspecified atom stereocenters. The highest BCUT2D eigenvalue weighted by Gasteiger charge is 2.17. The summed E-state index contributed by atoms with van der Waals surface area (Å²) in [7, 11) is 0. The summed E-state index contributed by atoms with van der Waals surface area (Å²) in [6.07, 6.45) is 30.7. The molecule has 0 fully saturated rings. The van der Waals surface area contributed by atoms with Crippen LogP contribution in [0.1, 0.15) is 123 Å². The largest absolute Gasteiger partial charge is 0.394 e. The lowest BCUT2D eigenvalue weighted by Crippen LogP contribution is -2.45. The van der Waals surface area contributed by atoms with E-state index in [1.807, 2.05) is 6.08 Å². The van der Waals surface area contributed by atoms with Crippen molar-refractivity contribution in [3.05, 3.63) is 36.5 Å². The second-order valence-electron chi connectivity index (χ2n) is 9.09. The number of carbonyl (C=O) groups is 1. The maximum Gasteiger partial charge on any atom is 0.220 e. The van der Waals surface area contributed by atoms with Crippen LogP contribution in [0.25, 0.3) is 0 Å². The van der Waals surface area contributed by atoms with Crippen LogP contribution in [0.15, 0.2) is 36.5 Å². The summed E-state index contributed by atoms with van der Waals surface area (Å²) in [6.45, 7) is 4.16. The zero-order valence-corrected chi connectivity index (χ0v) is 21.6. The number of amides is 1. The van der Waals surface area contributed by atoms with Crippen LogP contribution in [0.5, 0.6) is 0 Å². The number of hydrogen-bond acceptors (Lipinski definition) is 3. The van der Waals surface area contributed by atoms with Crippen LogP contribution in [0.2, 0.25) is 0 Å². The molecule has 0 heterocycles. The molecular weight excluding hydrogens is 410 g/mol. The van der Waals surface area contributed by atoms with Crippen LogP contribution >= 0.6 is 0 Å². The van der Waals surface area contributed by atoms with Gasteiger partial charge in [-0.1, -0.05) is 102 Å². The van der Waals surface area contributed by atoms with Crippen molar-refractivity contribution in [3.63, 3.8) is 0 Å². The molecule has 0 rings (SSSR count). The van der Waals surface area contributed by atoms with E-state index in [9.17, 15) is 15.0 Å². The van der Waals surface area contributed by atoms with Crippen LogP contribution in [-0.4, -0.2) is 34.9 Å². The minimum Gasteiger partial charge on any atom is -0.394 e. The second-order valence-corrected chi connectivity index (χ2v) is 9.09. The lowest BCUT2D eigenvalue weighted by Gasteiger charge is -2.19. The van der Waals surface area contributed by atoms with Gasteiger partial charge in [0.05, 0.1) is 18.8 Å². The summed E-state index contributed by atoms with van der Waals surface area (Å²) < 4.78 is 0. The molecule has 0 aromatic heterocycles. The van der Waals surface area contributed by atoms with Crippen molar-refractivity contribution in [1.29, 1.82) is 0 Å². The molecule has 2 atom stereocenters. The van der Waals surface area contributed by atoms with Crippen LogP contribution in [0, 0.1) is 0 Å². The fourth-order valence-corrected chi connectivity index (χ4v) is 3.66. The molecule has 0 spiro atoms. The Kier molecular flexibility index (Phi) is 24.2. The van der Waals surface area contributed by atoms with Crippen LogP contribution < -0.4 is 5.32 Å². The Bertz CT molecular complexity index is 513. The number of nitrogens with one attached hydrogen (secondary N) is 1. The highest BCUT2D eigenvalue weighted by atomic mass is 16.3. The third-order valence-electron chi connectivity index (χ3n) is 5.83. The molecule has 192 valence electrons. The van der Waals surface area contributed by atoms with E-state index >= 15 is 0 Å². The van der Waals surface area contributed by atoms with Crippen molar-refractivity contribution >= 4 is 5.91 Å². The zero-order valence-electron chi connectivity index (χ0n) is 21.6. The molecule has 1 amide bonds. The average molecular weight is 464 g/mol. The van der Waals surface area contributed by atoms with E-state index in [0.717, 1.165) is 44.9 Å². The fourth-order valence-electron chi connectivity index (χ4n) is 3.66. The first-order valence-corrected chi connectivity index (χ1v) is 13.7. The normalized spacial score (nSPS) is 13.9. The number of rotatable bonds is 23. The van der Waals surface area contributed by atoms with Gasteiger partial charge in [0.15, 0.2) is 0 Å². The highest BCUT2D eigenvalue weighted by molar-refractivity contribution is 5.76. The number of aliphatic hydroxyl groups is 2. The Hall–Kier alpha value is -1.39. The monoisotopic (exact) mass is 463 g/mol. The third-order valence-corrected chi connectivity index (χ3v) is 5.83. The molecule has 0 aromatic carbocycles. The van der Waals surface area contributed by atoms with E-state index in [0.29, 0.717) is 6.42 Å². The van der Waals surface area contributed by atoms with Crippen molar-refractivity contribution in [1.82, 2.24) is 5.32 Å². The molecule has 0 radical (unpaired) electrons. The van der Waals surface area contributed by atoms with Crippen molar-refractivity contribution in [2.24, 2.45) is 0 Å². The Balaban J connectivity index is 3.82. The van der Waals surface area contributed by atoms with Crippen LogP contribution in [-0.2, 0) is 4.79 Å². The first-order chi connectivity index (χ1) is 16.2. The van der Waals surface area contributed by atoms with Crippen LogP contribution in [0.3, 0.4) is 0 Å². The smallest absolute Gasteiger partial charge is 0.220 e. The van der Waals surface area contributed by atoms with Gasteiger partial charge < -0.3 is 15.5 Å². The van der Waals surface area contributed by atoms with E-state index < -0.39 is 12.1 Å². The predicted molar refractivity (Wildman–Crippen MR) is 142 cm³/mol. The van der Waals surface area contributed by atoms with Crippen molar-refractivity contribution in [2.75, 3.05) is 6.61 Å². The van der Waals surface area contributed by atoms with Gasteiger partial charge in [-0.15, -0.1) is 0 Å². The van der Waals surface area contributed by atoms with E-state index in [1.54, 1.807) is 6.08 Å². The summed E-state index contributed by atoms with van der Waals surface area (Å²) >= 11 is 0. The molecule has 0 aliphatic heterocycles. The molecule has 0 aromatic rings. The van der Waals surface area contributed by atoms with Gasteiger partial charge in [0.2, 0.25) is 5.91 Å². The molecular formula is C29H53NO3. The average Bonchev–Trinajstić information content (AvgIpc) is 2.82.